The zero-order valence-electron chi connectivity index (χ0n) is 13.7. The van der Waals surface area contributed by atoms with E-state index in [1.165, 1.54) is 24.2 Å². The van der Waals surface area contributed by atoms with Crippen LogP contribution in [0.15, 0.2) is 18.3 Å². The molecule has 3 heteroatoms. The van der Waals surface area contributed by atoms with Crippen LogP contribution in [0.1, 0.15) is 39.3 Å². The van der Waals surface area contributed by atoms with Crippen LogP contribution in [0.5, 0.6) is 0 Å². The summed E-state index contributed by atoms with van der Waals surface area (Å²) in [5, 5.41) is 0. The average molecular weight is 275 g/mol. The summed E-state index contributed by atoms with van der Waals surface area (Å²) < 4.78 is 0. The lowest BCUT2D eigenvalue weighted by Crippen LogP contribution is -2.51. The van der Waals surface area contributed by atoms with Gasteiger partial charge in [0.25, 0.3) is 0 Å². The van der Waals surface area contributed by atoms with Crippen LogP contribution in [0, 0.1) is 5.92 Å². The highest BCUT2D eigenvalue weighted by atomic mass is 15.2. The minimum absolute atomic E-state index is 0.245. The van der Waals surface area contributed by atoms with Gasteiger partial charge in [-0.2, -0.15) is 0 Å². The van der Waals surface area contributed by atoms with Crippen LogP contribution in [0.25, 0.3) is 0 Å². The number of anilines is 1. The number of nitrogens with zero attached hydrogens (tertiary/aromatic N) is 3. The standard InChI is InChI=1S/C17H29N3/c1-6-15-9-10-16(12-18-15)20-11-7-8-14(13-20)17(2,3)19(4)5/h9-10,12,14H,6-8,11,13H2,1-5H3/t14-/m1/s1. The summed E-state index contributed by atoms with van der Waals surface area (Å²) in [6, 6.07) is 4.40. The Morgan fingerprint density at radius 1 is 1.35 bits per heavy atom. The maximum absolute atomic E-state index is 4.54. The average Bonchev–Trinajstić information content (AvgIpc) is 2.47. The summed E-state index contributed by atoms with van der Waals surface area (Å²) in [7, 11) is 4.38. The van der Waals surface area contributed by atoms with E-state index in [2.05, 4.69) is 61.8 Å². The highest BCUT2D eigenvalue weighted by molar-refractivity contribution is 5.45. The summed E-state index contributed by atoms with van der Waals surface area (Å²) in [5.41, 5.74) is 2.70. The van der Waals surface area contributed by atoms with Gasteiger partial charge in [-0.15, -0.1) is 0 Å². The molecule has 0 aromatic carbocycles. The Hall–Kier alpha value is -1.09. The molecule has 2 rings (SSSR count). The molecule has 20 heavy (non-hydrogen) atoms. The quantitative estimate of drug-likeness (QED) is 0.841. The SMILES string of the molecule is CCc1ccc(N2CCC[C@@H](C(C)(C)N(C)C)C2)cn1. The highest BCUT2D eigenvalue weighted by Gasteiger charge is 2.34. The molecule has 2 heterocycles. The first-order chi connectivity index (χ1) is 9.45. The third kappa shape index (κ3) is 3.14. The second-order valence-electron chi connectivity index (χ2n) is 6.69. The first-order valence-corrected chi connectivity index (χ1v) is 7.82. The first-order valence-electron chi connectivity index (χ1n) is 7.82. The maximum atomic E-state index is 4.54. The predicted molar refractivity (Wildman–Crippen MR) is 86.3 cm³/mol. The number of piperidine rings is 1. The molecule has 1 saturated heterocycles. The van der Waals surface area contributed by atoms with Gasteiger partial charge in [-0.1, -0.05) is 6.92 Å². The third-order valence-electron chi connectivity index (χ3n) is 5.11. The molecule has 0 unspecified atom stereocenters. The van der Waals surface area contributed by atoms with E-state index in [0.29, 0.717) is 5.92 Å². The van der Waals surface area contributed by atoms with Crippen LogP contribution in [-0.4, -0.2) is 42.6 Å². The Morgan fingerprint density at radius 2 is 2.10 bits per heavy atom. The van der Waals surface area contributed by atoms with E-state index in [1.54, 1.807) is 0 Å². The summed E-state index contributed by atoms with van der Waals surface area (Å²) in [6.45, 7) is 9.17. The van der Waals surface area contributed by atoms with Crippen molar-refractivity contribution in [2.24, 2.45) is 5.92 Å². The summed E-state index contributed by atoms with van der Waals surface area (Å²) >= 11 is 0. The summed E-state index contributed by atoms with van der Waals surface area (Å²) in [6.07, 6.45) is 5.65. The van der Waals surface area contributed by atoms with Crippen molar-refractivity contribution in [2.75, 3.05) is 32.1 Å². The van der Waals surface area contributed by atoms with Crippen molar-refractivity contribution in [3.05, 3.63) is 24.0 Å². The van der Waals surface area contributed by atoms with Crippen molar-refractivity contribution in [3.8, 4) is 0 Å². The molecule has 0 spiro atoms. The lowest BCUT2D eigenvalue weighted by molar-refractivity contribution is 0.104. The smallest absolute Gasteiger partial charge is 0.0553 e. The van der Waals surface area contributed by atoms with Gasteiger partial charge in [-0.3, -0.25) is 4.98 Å². The van der Waals surface area contributed by atoms with Crippen molar-refractivity contribution in [1.82, 2.24) is 9.88 Å². The Kier molecular flexibility index (Phi) is 4.69. The van der Waals surface area contributed by atoms with Gasteiger partial charge in [0.2, 0.25) is 0 Å². The number of aromatic nitrogens is 1. The number of pyridine rings is 1. The Bertz CT molecular complexity index is 422. The number of hydrogen-bond acceptors (Lipinski definition) is 3. The largest absolute Gasteiger partial charge is 0.370 e. The molecular weight excluding hydrogens is 246 g/mol. The summed E-state index contributed by atoms with van der Waals surface area (Å²) in [5.74, 6) is 0.706. The summed E-state index contributed by atoms with van der Waals surface area (Å²) in [4.78, 5) is 9.41. The normalized spacial score (nSPS) is 20.5. The molecule has 1 aliphatic heterocycles. The second kappa shape index (κ2) is 6.13. The van der Waals surface area contributed by atoms with Crippen molar-refractivity contribution >= 4 is 5.69 Å². The molecule has 112 valence electrons. The Morgan fingerprint density at radius 3 is 2.65 bits per heavy atom. The zero-order chi connectivity index (χ0) is 14.8. The molecule has 0 N–H and O–H groups in total. The van der Waals surface area contributed by atoms with E-state index in [1.807, 2.05) is 6.20 Å². The molecular formula is C17H29N3. The number of hydrogen-bond donors (Lipinski definition) is 0. The van der Waals surface area contributed by atoms with Gasteiger partial charge < -0.3 is 9.80 Å². The fourth-order valence-corrected chi connectivity index (χ4v) is 2.97. The molecule has 0 radical (unpaired) electrons. The molecule has 1 fully saturated rings. The van der Waals surface area contributed by atoms with E-state index < -0.39 is 0 Å². The molecule has 0 bridgehead atoms. The van der Waals surface area contributed by atoms with Gasteiger partial charge in [0.05, 0.1) is 11.9 Å². The molecule has 0 aliphatic carbocycles. The maximum Gasteiger partial charge on any atom is 0.0553 e. The van der Waals surface area contributed by atoms with E-state index in [9.17, 15) is 0 Å². The lowest BCUT2D eigenvalue weighted by Gasteiger charge is -2.45. The zero-order valence-corrected chi connectivity index (χ0v) is 13.7. The molecule has 1 atom stereocenters. The second-order valence-corrected chi connectivity index (χ2v) is 6.69. The van der Waals surface area contributed by atoms with E-state index in [-0.39, 0.29) is 5.54 Å². The lowest BCUT2D eigenvalue weighted by atomic mass is 9.80. The van der Waals surface area contributed by atoms with Crippen LogP contribution in [-0.2, 0) is 6.42 Å². The van der Waals surface area contributed by atoms with Crippen molar-refractivity contribution < 1.29 is 0 Å². The minimum Gasteiger partial charge on any atom is -0.370 e. The monoisotopic (exact) mass is 275 g/mol. The predicted octanol–water partition coefficient (Wildman–Crippen LogP) is 3.20. The number of rotatable bonds is 4. The highest BCUT2D eigenvalue weighted by Crippen LogP contribution is 2.32. The Labute approximate surface area is 124 Å². The van der Waals surface area contributed by atoms with Crippen molar-refractivity contribution in [1.29, 1.82) is 0 Å². The third-order valence-corrected chi connectivity index (χ3v) is 5.11. The minimum atomic E-state index is 0.245. The number of aryl methyl sites for hydroxylation is 1. The molecule has 1 aromatic heterocycles. The van der Waals surface area contributed by atoms with Crippen LogP contribution < -0.4 is 4.90 Å². The van der Waals surface area contributed by atoms with Gasteiger partial charge >= 0.3 is 0 Å². The van der Waals surface area contributed by atoms with Crippen LogP contribution in [0.4, 0.5) is 5.69 Å². The first kappa shape index (κ1) is 15.3. The topological polar surface area (TPSA) is 19.4 Å². The van der Waals surface area contributed by atoms with Crippen molar-refractivity contribution in [3.63, 3.8) is 0 Å². The molecule has 3 nitrogen and oxygen atoms in total. The molecule has 0 saturated carbocycles. The van der Waals surface area contributed by atoms with Gasteiger partial charge in [0.15, 0.2) is 0 Å². The fraction of sp³-hybridized carbons (Fsp3) is 0.706. The van der Waals surface area contributed by atoms with Crippen LogP contribution in [0.2, 0.25) is 0 Å². The van der Waals surface area contributed by atoms with Crippen LogP contribution in [0.3, 0.4) is 0 Å². The van der Waals surface area contributed by atoms with Gasteiger partial charge in [-0.05, 0) is 65.3 Å². The van der Waals surface area contributed by atoms with Gasteiger partial charge in [-0.25, -0.2) is 0 Å². The Balaban J connectivity index is 2.10. The van der Waals surface area contributed by atoms with Gasteiger partial charge in [0, 0.05) is 24.3 Å². The van der Waals surface area contributed by atoms with Crippen LogP contribution >= 0.6 is 0 Å². The molecule has 1 aliphatic rings. The van der Waals surface area contributed by atoms with E-state index >= 15 is 0 Å². The van der Waals surface area contributed by atoms with E-state index in [0.717, 1.165) is 19.5 Å². The van der Waals surface area contributed by atoms with E-state index in [4.69, 9.17) is 0 Å². The van der Waals surface area contributed by atoms with Crippen molar-refractivity contribution in [2.45, 2.75) is 45.6 Å². The molecule has 1 aromatic rings. The fourth-order valence-electron chi connectivity index (χ4n) is 2.97. The van der Waals surface area contributed by atoms with Gasteiger partial charge in [0.1, 0.15) is 0 Å². The molecule has 0 amide bonds.